The van der Waals surface area contributed by atoms with Crippen LogP contribution in [0.5, 0.6) is 11.6 Å². The van der Waals surface area contributed by atoms with Crippen molar-refractivity contribution < 1.29 is 9.84 Å². The first-order chi connectivity index (χ1) is 15.1. The lowest BCUT2D eigenvalue weighted by Gasteiger charge is -2.13. The van der Waals surface area contributed by atoms with Gasteiger partial charge in [0.15, 0.2) is 5.69 Å². The highest BCUT2D eigenvalue weighted by atomic mass is 16.5. The first kappa shape index (κ1) is 20.2. The van der Waals surface area contributed by atoms with Crippen LogP contribution in [-0.4, -0.2) is 31.4 Å². The number of rotatable bonds is 6. The molecule has 2 aromatic carbocycles. The number of ether oxygens (including phenoxy) is 1. The first-order valence-corrected chi connectivity index (χ1v) is 9.61. The molecule has 4 rings (SSSR count). The average Bonchev–Trinajstić information content (AvgIpc) is 3.28. The molecule has 1 atom stereocenters. The number of hydrogen-bond donors (Lipinski definition) is 2. The van der Waals surface area contributed by atoms with Crippen LogP contribution in [-0.2, 0) is 0 Å². The number of aliphatic hydroxyl groups is 1. The van der Waals surface area contributed by atoms with E-state index in [2.05, 4.69) is 19.9 Å². The van der Waals surface area contributed by atoms with Crippen LogP contribution < -0.4 is 10.5 Å². The zero-order chi connectivity index (χ0) is 21.8. The van der Waals surface area contributed by atoms with Crippen LogP contribution in [0.1, 0.15) is 17.5 Å². The zero-order valence-corrected chi connectivity index (χ0v) is 16.8. The van der Waals surface area contributed by atoms with E-state index in [1.807, 2.05) is 30.3 Å². The average molecular weight is 412 g/mol. The van der Waals surface area contributed by atoms with E-state index in [0.29, 0.717) is 34.4 Å². The third-order valence-corrected chi connectivity index (χ3v) is 4.63. The summed E-state index contributed by atoms with van der Waals surface area (Å²) in [5.41, 5.74) is 8.82. The molecule has 2 aromatic heterocycles. The van der Waals surface area contributed by atoms with E-state index >= 15 is 0 Å². The Hall–Kier alpha value is -4.06. The Morgan fingerprint density at radius 2 is 1.97 bits per heavy atom. The van der Waals surface area contributed by atoms with Gasteiger partial charge in [-0.15, -0.1) is 0 Å². The van der Waals surface area contributed by atoms with Crippen molar-refractivity contribution in [3.05, 3.63) is 89.8 Å². The molecule has 0 spiro atoms. The third kappa shape index (κ3) is 4.43. The molecule has 8 heteroatoms. The Labute approximate surface area is 179 Å². The summed E-state index contributed by atoms with van der Waals surface area (Å²) in [6.07, 6.45) is 2.42. The monoisotopic (exact) mass is 412 g/mol. The van der Waals surface area contributed by atoms with Gasteiger partial charge in [0.1, 0.15) is 17.3 Å². The standard InChI is InChI=1S/C23H20N6O2/c1-15-27-19(16-6-4-3-5-7-16)11-23(28-15)31-22-10-18(25-2)8-9-20(22)29-14-17(13-26-29)21(30)12-24/h3-11,13-14,21,30H,12,24H2,1H3/t21-/m0/s1. The number of aromatic nitrogens is 4. The van der Waals surface area contributed by atoms with Gasteiger partial charge < -0.3 is 15.6 Å². The molecule has 0 radical (unpaired) electrons. The number of benzene rings is 2. The molecular formula is C23H20N6O2. The maximum Gasteiger partial charge on any atom is 0.223 e. The molecule has 8 nitrogen and oxygen atoms in total. The van der Waals surface area contributed by atoms with E-state index < -0.39 is 6.10 Å². The van der Waals surface area contributed by atoms with E-state index in [0.717, 1.165) is 11.3 Å². The van der Waals surface area contributed by atoms with Crippen molar-refractivity contribution in [1.82, 2.24) is 19.7 Å². The number of aryl methyl sites for hydroxylation is 1. The van der Waals surface area contributed by atoms with Gasteiger partial charge in [0.2, 0.25) is 5.88 Å². The SMILES string of the molecule is [C-]#[N+]c1ccc(-n2cc([C@@H](O)CN)cn2)c(Oc2cc(-c3ccccc3)nc(C)n2)c1. The van der Waals surface area contributed by atoms with Gasteiger partial charge in [0.25, 0.3) is 0 Å². The molecule has 0 saturated heterocycles. The van der Waals surface area contributed by atoms with E-state index in [9.17, 15) is 5.11 Å². The summed E-state index contributed by atoms with van der Waals surface area (Å²) in [7, 11) is 0. The number of nitrogens with two attached hydrogens (primary N) is 1. The van der Waals surface area contributed by atoms with E-state index in [4.69, 9.17) is 17.0 Å². The number of hydrogen-bond acceptors (Lipinski definition) is 6. The quantitative estimate of drug-likeness (QED) is 0.465. The molecule has 0 fully saturated rings. The molecule has 0 bridgehead atoms. The smallest absolute Gasteiger partial charge is 0.223 e. The van der Waals surface area contributed by atoms with Gasteiger partial charge in [-0.1, -0.05) is 36.4 Å². The highest BCUT2D eigenvalue weighted by Crippen LogP contribution is 2.33. The van der Waals surface area contributed by atoms with E-state index in [1.54, 1.807) is 48.3 Å². The first-order valence-electron chi connectivity index (χ1n) is 9.61. The summed E-state index contributed by atoms with van der Waals surface area (Å²) in [5.74, 6) is 1.32. The molecule has 0 aliphatic carbocycles. The Morgan fingerprint density at radius 3 is 2.71 bits per heavy atom. The van der Waals surface area contributed by atoms with Gasteiger partial charge in [0, 0.05) is 29.9 Å². The lowest BCUT2D eigenvalue weighted by Crippen LogP contribution is -2.10. The van der Waals surface area contributed by atoms with Crippen molar-refractivity contribution in [1.29, 1.82) is 0 Å². The van der Waals surface area contributed by atoms with Crippen molar-refractivity contribution in [2.24, 2.45) is 5.73 Å². The van der Waals surface area contributed by atoms with Gasteiger partial charge >= 0.3 is 0 Å². The molecule has 2 heterocycles. The fraction of sp³-hybridized carbons (Fsp3) is 0.130. The summed E-state index contributed by atoms with van der Waals surface area (Å²) < 4.78 is 7.68. The normalized spacial score (nSPS) is 11.7. The summed E-state index contributed by atoms with van der Waals surface area (Å²) in [6.45, 7) is 9.22. The largest absolute Gasteiger partial charge is 0.438 e. The minimum absolute atomic E-state index is 0.0915. The molecule has 0 aliphatic heterocycles. The Kier molecular flexibility index (Phi) is 5.71. The number of nitrogens with zero attached hydrogens (tertiary/aromatic N) is 5. The highest BCUT2D eigenvalue weighted by Gasteiger charge is 2.15. The highest BCUT2D eigenvalue weighted by molar-refractivity contribution is 5.62. The summed E-state index contributed by atoms with van der Waals surface area (Å²) in [6, 6.07) is 16.5. The summed E-state index contributed by atoms with van der Waals surface area (Å²) >= 11 is 0. The Bertz CT molecular complexity index is 1250. The maximum absolute atomic E-state index is 9.98. The van der Waals surface area contributed by atoms with Crippen molar-refractivity contribution >= 4 is 5.69 Å². The maximum atomic E-state index is 9.98. The minimum Gasteiger partial charge on any atom is -0.438 e. The van der Waals surface area contributed by atoms with Crippen LogP contribution in [0.3, 0.4) is 0 Å². The van der Waals surface area contributed by atoms with Crippen LogP contribution in [0.25, 0.3) is 21.8 Å². The minimum atomic E-state index is -0.807. The molecular weight excluding hydrogens is 392 g/mol. The summed E-state index contributed by atoms with van der Waals surface area (Å²) in [5, 5.41) is 14.3. The topological polar surface area (TPSA) is 103 Å². The van der Waals surface area contributed by atoms with Crippen LogP contribution in [0.2, 0.25) is 0 Å². The molecule has 0 saturated carbocycles. The van der Waals surface area contributed by atoms with Gasteiger partial charge in [-0.25, -0.2) is 14.5 Å². The Morgan fingerprint density at radius 1 is 1.16 bits per heavy atom. The van der Waals surface area contributed by atoms with Crippen molar-refractivity contribution in [2.75, 3.05) is 6.54 Å². The predicted octanol–water partition coefficient (Wildman–Crippen LogP) is 3.97. The predicted molar refractivity (Wildman–Crippen MR) is 116 cm³/mol. The fourth-order valence-corrected chi connectivity index (χ4v) is 3.08. The second kappa shape index (κ2) is 8.75. The third-order valence-electron chi connectivity index (χ3n) is 4.63. The molecule has 3 N–H and O–H groups in total. The van der Waals surface area contributed by atoms with Gasteiger partial charge in [0.05, 0.1) is 24.6 Å². The number of aliphatic hydroxyl groups excluding tert-OH is 1. The molecule has 0 aliphatic rings. The van der Waals surface area contributed by atoms with Crippen molar-refractivity contribution in [2.45, 2.75) is 13.0 Å². The molecule has 154 valence electrons. The van der Waals surface area contributed by atoms with Crippen LogP contribution in [0.15, 0.2) is 67.0 Å². The van der Waals surface area contributed by atoms with Gasteiger partial charge in [-0.05, 0) is 19.1 Å². The Balaban J connectivity index is 1.74. The van der Waals surface area contributed by atoms with Gasteiger partial charge in [-0.3, -0.25) is 0 Å². The summed E-state index contributed by atoms with van der Waals surface area (Å²) in [4.78, 5) is 12.4. The van der Waals surface area contributed by atoms with Crippen molar-refractivity contribution in [3.8, 4) is 28.6 Å². The molecule has 0 amide bonds. The zero-order valence-electron chi connectivity index (χ0n) is 16.8. The van der Waals surface area contributed by atoms with Crippen LogP contribution in [0, 0.1) is 13.5 Å². The molecule has 31 heavy (non-hydrogen) atoms. The van der Waals surface area contributed by atoms with Crippen LogP contribution >= 0.6 is 0 Å². The van der Waals surface area contributed by atoms with Gasteiger partial charge in [-0.2, -0.15) is 10.1 Å². The molecule has 0 unspecified atom stereocenters. The lowest BCUT2D eigenvalue weighted by molar-refractivity contribution is 0.186. The van der Waals surface area contributed by atoms with Crippen molar-refractivity contribution in [3.63, 3.8) is 0 Å². The van der Waals surface area contributed by atoms with E-state index in [1.165, 1.54) is 0 Å². The lowest BCUT2D eigenvalue weighted by atomic mass is 10.1. The van der Waals surface area contributed by atoms with E-state index in [-0.39, 0.29) is 6.54 Å². The van der Waals surface area contributed by atoms with Crippen LogP contribution in [0.4, 0.5) is 5.69 Å². The second-order valence-corrected chi connectivity index (χ2v) is 6.84. The fourth-order valence-electron chi connectivity index (χ4n) is 3.08. The second-order valence-electron chi connectivity index (χ2n) is 6.84. The molecule has 4 aromatic rings.